The summed E-state index contributed by atoms with van der Waals surface area (Å²) in [6, 6.07) is 9.38. The van der Waals surface area contributed by atoms with Crippen LogP contribution in [0.3, 0.4) is 0 Å². The molecular formula is C31H38N6O7S. The first-order valence-electron chi connectivity index (χ1n) is 15.3. The van der Waals surface area contributed by atoms with Crippen LogP contribution in [0.4, 0.5) is 17.3 Å². The molecule has 0 spiro atoms. The highest BCUT2D eigenvalue weighted by molar-refractivity contribution is 7.93. The van der Waals surface area contributed by atoms with E-state index in [2.05, 4.69) is 30.3 Å². The molecule has 1 saturated carbocycles. The Morgan fingerprint density at radius 2 is 1.73 bits per heavy atom. The molecule has 0 bridgehead atoms. The molecule has 240 valence electrons. The summed E-state index contributed by atoms with van der Waals surface area (Å²) >= 11 is 0. The Morgan fingerprint density at radius 1 is 0.956 bits per heavy atom. The molecule has 7 rings (SSSR count). The minimum absolute atomic E-state index is 0.0144. The second-order valence-electron chi connectivity index (χ2n) is 11.9. The number of sulfonamides is 1. The van der Waals surface area contributed by atoms with Crippen molar-refractivity contribution in [2.24, 2.45) is 0 Å². The molecule has 0 radical (unpaired) electrons. The lowest BCUT2D eigenvalue weighted by Crippen LogP contribution is -2.42. The minimum atomic E-state index is -4.23. The molecule has 2 aromatic carbocycles. The second-order valence-corrected chi connectivity index (χ2v) is 13.5. The topological polar surface area (TPSA) is 153 Å². The Balaban J connectivity index is 1.16. The largest absolute Gasteiger partial charge is 0.495 e. The first-order valence-corrected chi connectivity index (χ1v) is 16.8. The van der Waals surface area contributed by atoms with Crippen LogP contribution in [-0.2, 0) is 14.8 Å². The van der Waals surface area contributed by atoms with E-state index in [0.717, 1.165) is 69.7 Å². The summed E-state index contributed by atoms with van der Waals surface area (Å²) in [5.74, 6) is 2.26. The average Bonchev–Trinajstić information content (AvgIpc) is 3.39. The molecular weight excluding hydrogens is 600 g/mol. The second kappa shape index (κ2) is 12.1. The van der Waals surface area contributed by atoms with Crippen molar-refractivity contribution in [1.29, 1.82) is 0 Å². The number of fused-ring (bicyclic) bond motifs is 1. The van der Waals surface area contributed by atoms with E-state index in [9.17, 15) is 8.42 Å². The lowest BCUT2D eigenvalue weighted by Gasteiger charge is -2.36. The van der Waals surface area contributed by atoms with Crippen LogP contribution in [-0.4, -0.2) is 82.3 Å². The summed E-state index contributed by atoms with van der Waals surface area (Å²) in [7, 11) is 0.220. The van der Waals surface area contributed by atoms with Gasteiger partial charge < -0.3 is 28.8 Å². The molecule has 2 aliphatic heterocycles. The summed E-state index contributed by atoms with van der Waals surface area (Å²) in [4.78, 5) is 2.37. The summed E-state index contributed by atoms with van der Waals surface area (Å²) in [5, 5.41) is 15.1. The van der Waals surface area contributed by atoms with E-state index >= 15 is 0 Å². The average molecular weight is 639 g/mol. The van der Waals surface area contributed by atoms with Gasteiger partial charge in [0.15, 0.2) is 22.1 Å². The maximum atomic E-state index is 13.9. The normalized spacial score (nSPS) is 20.8. The predicted molar refractivity (Wildman–Crippen MR) is 168 cm³/mol. The highest BCUT2D eigenvalue weighted by atomic mass is 32.2. The fraction of sp³-hybridized carbons (Fsp3) is 0.484. The smallest absolute Gasteiger partial charge is 0.270 e. The van der Waals surface area contributed by atoms with E-state index in [0.29, 0.717) is 40.2 Å². The van der Waals surface area contributed by atoms with Gasteiger partial charge in [0, 0.05) is 42.9 Å². The van der Waals surface area contributed by atoms with Crippen molar-refractivity contribution in [3.63, 3.8) is 0 Å². The number of H-pyrrole nitrogens is 1. The molecule has 3 fully saturated rings. The number of benzene rings is 2. The first-order chi connectivity index (χ1) is 21.9. The third-order valence-corrected chi connectivity index (χ3v) is 10.4. The maximum Gasteiger partial charge on any atom is 0.270 e. The fourth-order valence-corrected chi connectivity index (χ4v) is 7.76. The van der Waals surface area contributed by atoms with Crippen molar-refractivity contribution >= 4 is 38.3 Å². The summed E-state index contributed by atoms with van der Waals surface area (Å²) in [6.45, 7) is 3.46. The molecule has 3 aliphatic rings. The highest BCUT2D eigenvalue weighted by Crippen LogP contribution is 2.43. The minimum Gasteiger partial charge on any atom is -0.495 e. The maximum absolute atomic E-state index is 13.9. The molecule has 2 atom stereocenters. The summed E-state index contributed by atoms with van der Waals surface area (Å²) in [5.41, 5.74) is 3.03. The van der Waals surface area contributed by atoms with Crippen LogP contribution in [0.1, 0.15) is 55.2 Å². The van der Waals surface area contributed by atoms with Gasteiger partial charge in [-0.1, -0.05) is 5.16 Å². The molecule has 45 heavy (non-hydrogen) atoms. The Kier molecular flexibility index (Phi) is 7.96. The van der Waals surface area contributed by atoms with Gasteiger partial charge in [-0.3, -0.25) is 14.7 Å². The van der Waals surface area contributed by atoms with Crippen molar-refractivity contribution in [3.8, 4) is 17.2 Å². The summed E-state index contributed by atoms with van der Waals surface area (Å²) < 4.78 is 58.5. The van der Waals surface area contributed by atoms with Crippen LogP contribution in [0.25, 0.3) is 11.0 Å². The zero-order chi connectivity index (χ0) is 31.1. The van der Waals surface area contributed by atoms with Crippen molar-refractivity contribution < 1.29 is 31.9 Å². The number of likely N-dealkylation sites (tertiary alicyclic amines) is 1. The van der Waals surface area contributed by atoms with E-state index in [1.165, 1.54) is 21.3 Å². The van der Waals surface area contributed by atoms with Crippen molar-refractivity contribution in [2.45, 2.75) is 54.9 Å². The zero-order valence-corrected chi connectivity index (χ0v) is 26.4. The van der Waals surface area contributed by atoms with Gasteiger partial charge in [0.2, 0.25) is 0 Å². The van der Waals surface area contributed by atoms with Crippen molar-refractivity contribution in [1.82, 2.24) is 20.3 Å². The number of aromatic nitrogens is 3. The molecule has 2 saturated heterocycles. The number of anilines is 3. The molecule has 13 nitrogen and oxygen atoms in total. The third-order valence-electron chi connectivity index (χ3n) is 9.00. The van der Waals surface area contributed by atoms with E-state index in [1.54, 1.807) is 12.1 Å². The van der Waals surface area contributed by atoms with Gasteiger partial charge in [-0.05, 0) is 68.3 Å². The lowest BCUT2D eigenvalue weighted by atomic mass is 9.89. The van der Waals surface area contributed by atoms with Crippen LogP contribution in [0.5, 0.6) is 17.2 Å². The number of nitrogens with zero attached hydrogens (tertiary/aromatic N) is 3. The number of ether oxygens (including phenoxy) is 4. The van der Waals surface area contributed by atoms with Crippen LogP contribution < -0.4 is 24.2 Å². The van der Waals surface area contributed by atoms with Crippen LogP contribution >= 0.6 is 0 Å². The number of hydrogen-bond acceptors (Lipinski definition) is 11. The fourth-order valence-electron chi connectivity index (χ4n) is 6.45. The SMILES string of the molecule is COc1cc2c(NS(=O)(=O)c3c(OC)cc([C@@H]4CCCN([C@@H]5CCOC5)C4)cc3OC)noc2cc1Nc1cc(C2CC2)[nH]n1. The van der Waals surface area contributed by atoms with Crippen molar-refractivity contribution in [2.75, 3.05) is 57.7 Å². The van der Waals surface area contributed by atoms with Gasteiger partial charge in [-0.2, -0.15) is 5.10 Å². The van der Waals surface area contributed by atoms with Crippen molar-refractivity contribution in [3.05, 3.63) is 41.6 Å². The molecule has 4 heterocycles. The molecule has 3 N–H and O–H groups in total. The Bertz CT molecular complexity index is 1770. The molecule has 14 heteroatoms. The Hall–Kier alpha value is -4.01. The predicted octanol–water partition coefficient (Wildman–Crippen LogP) is 4.97. The Labute approximate surface area is 261 Å². The van der Waals surface area contributed by atoms with Gasteiger partial charge in [-0.15, -0.1) is 0 Å². The van der Waals surface area contributed by atoms with Gasteiger partial charge in [0.25, 0.3) is 10.0 Å². The van der Waals surface area contributed by atoms with E-state index in [1.807, 2.05) is 18.2 Å². The number of hydrogen-bond donors (Lipinski definition) is 3. The molecule has 1 aliphatic carbocycles. The molecule has 0 unspecified atom stereocenters. The summed E-state index contributed by atoms with van der Waals surface area (Å²) in [6.07, 6.45) is 5.40. The van der Waals surface area contributed by atoms with Gasteiger partial charge in [0.05, 0.1) is 39.0 Å². The third kappa shape index (κ3) is 5.89. The number of piperidine rings is 1. The van der Waals surface area contributed by atoms with Gasteiger partial charge in [0.1, 0.15) is 17.2 Å². The quantitative estimate of drug-likeness (QED) is 0.204. The number of rotatable bonds is 11. The lowest BCUT2D eigenvalue weighted by molar-refractivity contribution is 0.119. The molecule has 2 aromatic heterocycles. The molecule has 4 aromatic rings. The van der Waals surface area contributed by atoms with E-state index in [4.69, 9.17) is 23.5 Å². The van der Waals surface area contributed by atoms with Crippen LogP contribution in [0, 0.1) is 0 Å². The monoisotopic (exact) mass is 638 g/mol. The zero-order valence-electron chi connectivity index (χ0n) is 25.6. The van der Waals surface area contributed by atoms with E-state index < -0.39 is 10.0 Å². The number of methoxy groups -OCH3 is 3. The van der Waals surface area contributed by atoms with Gasteiger partial charge >= 0.3 is 0 Å². The van der Waals surface area contributed by atoms with Gasteiger partial charge in [-0.25, -0.2) is 8.42 Å². The first kappa shape index (κ1) is 29.7. The van der Waals surface area contributed by atoms with Crippen LogP contribution in [0.2, 0.25) is 0 Å². The van der Waals surface area contributed by atoms with Crippen LogP contribution in [0.15, 0.2) is 39.8 Å². The Morgan fingerprint density at radius 3 is 2.42 bits per heavy atom. The number of aromatic amines is 1. The molecule has 0 amide bonds. The number of nitrogens with one attached hydrogen (secondary N) is 3. The van der Waals surface area contributed by atoms with E-state index in [-0.39, 0.29) is 28.1 Å². The highest BCUT2D eigenvalue weighted by Gasteiger charge is 2.33. The standard InChI is InChI=1S/C31H38N6O7S/c1-40-26-13-22-25(14-24(26)32-29-15-23(33-34-29)18-6-7-18)44-35-31(22)36-45(38,39)30-27(41-2)11-20(12-28(30)42-3)19-5-4-9-37(16-19)21-8-10-43-17-21/h11-15,18-19,21H,4-10,16-17H2,1-3H3,(H,35,36)(H2,32,33,34)/t19-,21-/m1/s1.